The van der Waals surface area contributed by atoms with Gasteiger partial charge in [0.05, 0.1) is 6.20 Å². The number of carbonyl (C=O) groups excluding carboxylic acids is 2. The molecule has 3 aromatic rings. The summed E-state index contributed by atoms with van der Waals surface area (Å²) in [7, 11) is 0. The quantitative estimate of drug-likeness (QED) is 0.572. The predicted octanol–water partition coefficient (Wildman–Crippen LogP) is 4.14. The van der Waals surface area contributed by atoms with E-state index >= 15 is 0 Å². The van der Waals surface area contributed by atoms with E-state index in [2.05, 4.69) is 10.3 Å². The van der Waals surface area contributed by atoms with E-state index in [1.54, 1.807) is 9.88 Å². The number of carbonyl (C=O) groups is 2. The van der Waals surface area contributed by atoms with E-state index in [0.717, 1.165) is 5.69 Å². The van der Waals surface area contributed by atoms with Crippen molar-refractivity contribution < 1.29 is 22.8 Å². The summed E-state index contributed by atoms with van der Waals surface area (Å²) in [6.45, 7) is -1.41. The highest BCUT2D eigenvalue weighted by molar-refractivity contribution is 7.98. The molecule has 2 amide bonds. The van der Waals surface area contributed by atoms with Crippen molar-refractivity contribution in [3.8, 4) is 5.69 Å². The van der Waals surface area contributed by atoms with Gasteiger partial charge in [-0.1, -0.05) is 30.0 Å². The van der Waals surface area contributed by atoms with Gasteiger partial charge < -0.3 is 10.6 Å². The number of imidazole rings is 1. The molecule has 0 atom stereocenters. The molecule has 0 aliphatic heterocycles. The van der Waals surface area contributed by atoms with Crippen molar-refractivity contribution >= 4 is 29.3 Å². The second kappa shape index (κ2) is 9.04. The standard InChI is InChI=1S/C20H17F3N4O2S/c1-30-19-24-11-16(27(19)15-5-3-2-4-6-15)18(29)26-14-9-7-13(8-10-14)17(28)25-12-20(21,22)23/h2-11H,12H2,1H3,(H,25,28)(H,26,29). The van der Waals surface area contributed by atoms with E-state index in [1.165, 1.54) is 42.2 Å². The molecule has 2 N–H and O–H groups in total. The highest BCUT2D eigenvalue weighted by Gasteiger charge is 2.27. The summed E-state index contributed by atoms with van der Waals surface area (Å²) in [5, 5.41) is 5.14. The highest BCUT2D eigenvalue weighted by Crippen LogP contribution is 2.22. The second-order valence-electron chi connectivity index (χ2n) is 6.13. The van der Waals surface area contributed by atoms with Crippen molar-refractivity contribution in [1.29, 1.82) is 0 Å². The second-order valence-corrected chi connectivity index (χ2v) is 6.90. The maximum atomic E-state index is 12.8. The summed E-state index contributed by atoms with van der Waals surface area (Å²) in [4.78, 5) is 28.8. The molecule has 30 heavy (non-hydrogen) atoms. The number of aromatic nitrogens is 2. The van der Waals surface area contributed by atoms with Gasteiger partial charge in [0.1, 0.15) is 12.2 Å². The Bertz CT molecular complexity index is 1030. The molecule has 10 heteroatoms. The van der Waals surface area contributed by atoms with Crippen LogP contribution in [0.25, 0.3) is 5.69 Å². The Morgan fingerprint density at radius 3 is 2.30 bits per heavy atom. The summed E-state index contributed by atoms with van der Waals surface area (Å²) in [6.07, 6.45) is -1.17. The maximum absolute atomic E-state index is 12.8. The molecular formula is C20H17F3N4O2S. The minimum absolute atomic E-state index is 0.0521. The zero-order valence-electron chi connectivity index (χ0n) is 15.7. The lowest BCUT2D eigenvalue weighted by Crippen LogP contribution is -2.33. The molecule has 2 aromatic carbocycles. The number of rotatable bonds is 6. The van der Waals surface area contributed by atoms with Crippen LogP contribution in [0.5, 0.6) is 0 Å². The van der Waals surface area contributed by atoms with Crippen LogP contribution in [0.15, 0.2) is 66.0 Å². The Hall–Kier alpha value is -3.27. The number of para-hydroxylation sites is 1. The number of benzene rings is 2. The number of amides is 2. The molecule has 0 fully saturated rings. The largest absolute Gasteiger partial charge is 0.405 e. The van der Waals surface area contributed by atoms with Crippen molar-refractivity contribution in [1.82, 2.24) is 14.9 Å². The van der Waals surface area contributed by atoms with Crippen LogP contribution in [-0.4, -0.2) is 40.3 Å². The minimum atomic E-state index is -4.49. The van der Waals surface area contributed by atoms with Crippen LogP contribution >= 0.6 is 11.8 Å². The number of alkyl halides is 3. The molecule has 3 rings (SSSR count). The van der Waals surface area contributed by atoms with Gasteiger partial charge in [-0.15, -0.1) is 0 Å². The zero-order valence-corrected chi connectivity index (χ0v) is 16.6. The minimum Gasteiger partial charge on any atom is -0.343 e. The average Bonchev–Trinajstić information content (AvgIpc) is 3.17. The van der Waals surface area contributed by atoms with E-state index in [1.807, 2.05) is 36.6 Å². The van der Waals surface area contributed by atoms with Crippen LogP contribution in [0, 0.1) is 0 Å². The first kappa shape index (κ1) is 21.4. The fraction of sp³-hybridized carbons (Fsp3) is 0.150. The van der Waals surface area contributed by atoms with Crippen LogP contribution in [0.2, 0.25) is 0 Å². The van der Waals surface area contributed by atoms with E-state index < -0.39 is 24.5 Å². The molecule has 0 aliphatic carbocycles. The Morgan fingerprint density at radius 2 is 1.70 bits per heavy atom. The molecule has 0 saturated heterocycles. The van der Waals surface area contributed by atoms with Gasteiger partial charge in [0, 0.05) is 16.9 Å². The van der Waals surface area contributed by atoms with E-state index in [-0.39, 0.29) is 5.56 Å². The third kappa shape index (κ3) is 5.20. The fourth-order valence-corrected chi connectivity index (χ4v) is 3.19. The van der Waals surface area contributed by atoms with Gasteiger partial charge in [0.25, 0.3) is 11.8 Å². The predicted molar refractivity (Wildman–Crippen MR) is 108 cm³/mol. The molecule has 0 bridgehead atoms. The number of halogens is 3. The van der Waals surface area contributed by atoms with E-state index in [9.17, 15) is 22.8 Å². The van der Waals surface area contributed by atoms with Gasteiger partial charge in [0.2, 0.25) is 0 Å². The highest BCUT2D eigenvalue weighted by atomic mass is 32.2. The van der Waals surface area contributed by atoms with Gasteiger partial charge in [-0.2, -0.15) is 13.2 Å². The molecule has 6 nitrogen and oxygen atoms in total. The molecule has 0 radical (unpaired) electrons. The molecule has 0 spiro atoms. The number of thioether (sulfide) groups is 1. The molecule has 1 heterocycles. The van der Waals surface area contributed by atoms with Gasteiger partial charge in [-0.05, 0) is 42.7 Å². The first-order valence-corrected chi connectivity index (χ1v) is 9.94. The Balaban J connectivity index is 1.74. The van der Waals surface area contributed by atoms with Crippen LogP contribution in [0.1, 0.15) is 20.8 Å². The molecular weight excluding hydrogens is 417 g/mol. The van der Waals surface area contributed by atoms with Crippen LogP contribution in [-0.2, 0) is 0 Å². The third-order valence-electron chi connectivity index (χ3n) is 4.01. The Morgan fingerprint density at radius 1 is 1.03 bits per heavy atom. The van der Waals surface area contributed by atoms with E-state index in [4.69, 9.17) is 0 Å². The lowest BCUT2D eigenvalue weighted by atomic mass is 10.2. The third-order valence-corrected chi connectivity index (χ3v) is 4.67. The first-order valence-electron chi connectivity index (χ1n) is 8.72. The normalized spacial score (nSPS) is 11.2. The van der Waals surface area contributed by atoms with Crippen molar-refractivity contribution in [3.63, 3.8) is 0 Å². The number of anilines is 1. The van der Waals surface area contributed by atoms with Crippen molar-refractivity contribution in [3.05, 3.63) is 72.1 Å². The summed E-state index contributed by atoms with van der Waals surface area (Å²) < 4.78 is 38.4. The average molecular weight is 434 g/mol. The topological polar surface area (TPSA) is 76.0 Å². The molecule has 156 valence electrons. The number of hydrogen-bond acceptors (Lipinski definition) is 4. The number of hydrogen-bond donors (Lipinski definition) is 2. The first-order chi connectivity index (χ1) is 14.3. The smallest absolute Gasteiger partial charge is 0.343 e. The lowest BCUT2D eigenvalue weighted by Gasteiger charge is -2.12. The molecule has 0 saturated carbocycles. The van der Waals surface area contributed by atoms with Crippen LogP contribution in [0.3, 0.4) is 0 Å². The summed E-state index contributed by atoms with van der Waals surface area (Å²) >= 11 is 1.39. The maximum Gasteiger partial charge on any atom is 0.405 e. The van der Waals surface area contributed by atoms with Crippen molar-refractivity contribution in [2.45, 2.75) is 11.3 Å². The molecule has 0 aliphatic rings. The zero-order chi connectivity index (χ0) is 21.7. The SMILES string of the molecule is CSc1ncc(C(=O)Nc2ccc(C(=O)NCC(F)(F)F)cc2)n1-c1ccccc1. The summed E-state index contributed by atoms with van der Waals surface area (Å²) in [5.41, 5.74) is 1.54. The van der Waals surface area contributed by atoms with E-state index in [0.29, 0.717) is 16.5 Å². The Kier molecular flexibility index (Phi) is 6.46. The summed E-state index contributed by atoms with van der Waals surface area (Å²) in [6, 6.07) is 14.8. The van der Waals surface area contributed by atoms with Gasteiger partial charge in [-0.25, -0.2) is 4.98 Å². The van der Waals surface area contributed by atoms with Crippen LogP contribution < -0.4 is 10.6 Å². The number of nitrogens with one attached hydrogen (secondary N) is 2. The molecule has 0 unspecified atom stereocenters. The number of nitrogens with zero attached hydrogens (tertiary/aromatic N) is 2. The van der Waals surface area contributed by atoms with Gasteiger partial charge >= 0.3 is 6.18 Å². The monoisotopic (exact) mass is 434 g/mol. The van der Waals surface area contributed by atoms with Crippen LogP contribution in [0.4, 0.5) is 18.9 Å². The Labute approximate surface area is 174 Å². The fourth-order valence-electron chi connectivity index (χ4n) is 2.65. The van der Waals surface area contributed by atoms with Crippen molar-refractivity contribution in [2.75, 3.05) is 18.1 Å². The van der Waals surface area contributed by atoms with Crippen molar-refractivity contribution in [2.24, 2.45) is 0 Å². The lowest BCUT2D eigenvalue weighted by molar-refractivity contribution is -0.123. The van der Waals surface area contributed by atoms with Gasteiger partial charge in [0.15, 0.2) is 5.16 Å². The summed E-state index contributed by atoms with van der Waals surface area (Å²) in [5.74, 6) is -1.27. The van der Waals surface area contributed by atoms with Gasteiger partial charge in [-0.3, -0.25) is 14.2 Å². The molecule has 1 aromatic heterocycles.